The number of ether oxygens (including phenoxy) is 1. The average Bonchev–Trinajstić information content (AvgIpc) is 2.47. The quantitative estimate of drug-likeness (QED) is 0.832. The standard InChI is InChI=1S/C14H15Cl2NO4S/c1-22-12-5-9(10(15)6-11(12)16)14(20)17-2-3-21-7-8(17)4-13(18)19/h5-6,8H,2-4,7H2,1H3,(H,18,19). The normalized spacial score (nSPS) is 18.3. The van der Waals surface area contributed by atoms with Gasteiger partial charge in [0.05, 0.1) is 41.3 Å². The molecular formula is C14H15Cl2NO4S. The van der Waals surface area contributed by atoms with Gasteiger partial charge in [-0.05, 0) is 18.4 Å². The third-order valence-electron chi connectivity index (χ3n) is 3.37. The Hall–Kier alpha value is -0.950. The molecule has 1 aromatic carbocycles. The molecule has 0 radical (unpaired) electrons. The van der Waals surface area contributed by atoms with Gasteiger partial charge in [0, 0.05) is 11.4 Å². The summed E-state index contributed by atoms with van der Waals surface area (Å²) in [4.78, 5) is 25.9. The number of carboxylic acids is 1. The Kier molecular flexibility index (Phi) is 5.97. The fourth-order valence-corrected chi connectivity index (χ4v) is 3.48. The maximum atomic E-state index is 12.7. The number of morpholine rings is 1. The lowest BCUT2D eigenvalue weighted by atomic mass is 10.1. The summed E-state index contributed by atoms with van der Waals surface area (Å²) in [5, 5.41) is 9.71. The molecule has 1 aliphatic heterocycles. The Morgan fingerprint density at radius 3 is 2.77 bits per heavy atom. The van der Waals surface area contributed by atoms with Crippen LogP contribution in [0, 0.1) is 0 Å². The van der Waals surface area contributed by atoms with E-state index in [2.05, 4.69) is 0 Å². The Morgan fingerprint density at radius 1 is 1.41 bits per heavy atom. The molecule has 0 aliphatic carbocycles. The van der Waals surface area contributed by atoms with Crippen LogP contribution in [0.4, 0.5) is 0 Å². The number of rotatable bonds is 4. The van der Waals surface area contributed by atoms with Crippen molar-refractivity contribution in [3.63, 3.8) is 0 Å². The van der Waals surface area contributed by atoms with Gasteiger partial charge in [0.2, 0.25) is 0 Å². The van der Waals surface area contributed by atoms with Crippen LogP contribution in [0.25, 0.3) is 0 Å². The molecule has 0 aromatic heterocycles. The molecule has 0 spiro atoms. The number of carbonyl (C=O) groups is 2. The first-order chi connectivity index (χ1) is 10.4. The van der Waals surface area contributed by atoms with Crippen molar-refractivity contribution >= 4 is 46.8 Å². The van der Waals surface area contributed by atoms with Crippen LogP contribution in [-0.4, -0.2) is 53.9 Å². The van der Waals surface area contributed by atoms with Gasteiger partial charge in [-0.2, -0.15) is 0 Å². The average molecular weight is 364 g/mol. The van der Waals surface area contributed by atoms with Crippen molar-refractivity contribution in [2.45, 2.75) is 17.4 Å². The smallest absolute Gasteiger partial charge is 0.305 e. The summed E-state index contributed by atoms with van der Waals surface area (Å²) in [5.74, 6) is -1.27. The minimum absolute atomic E-state index is 0.160. The second kappa shape index (κ2) is 7.55. The van der Waals surface area contributed by atoms with Crippen molar-refractivity contribution in [1.29, 1.82) is 0 Å². The molecule has 22 heavy (non-hydrogen) atoms. The van der Waals surface area contributed by atoms with E-state index in [4.69, 9.17) is 33.0 Å². The molecule has 1 fully saturated rings. The van der Waals surface area contributed by atoms with Crippen molar-refractivity contribution in [1.82, 2.24) is 4.90 Å². The fourth-order valence-electron chi connectivity index (χ4n) is 2.30. The molecule has 1 aliphatic rings. The van der Waals surface area contributed by atoms with E-state index in [9.17, 15) is 9.59 Å². The molecule has 1 unspecified atom stereocenters. The topological polar surface area (TPSA) is 66.8 Å². The van der Waals surface area contributed by atoms with Gasteiger partial charge in [-0.25, -0.2) is 0 Å². The second-order valence-corrected chi connectivity index (χ2v) is 6.45. The van der Waals surface area contributed by atoms with Gasteiger partial charge in [0.25, 0.3) is 5.91 Å². The lowest BCUT2D eigenvalue weighted by Crippen LogP contribution is -2.49. The second-order valence-electron chi connectivity index (χ2n) is 4.79. The van der Waals surface area contributed by atoms with Crippen molar-refractivity contribution < 1.29 is 19.4 Å². The number of amides is 1. The predicted octanol–water partition coefficient (Wildman–Crippen LogP) is 3.03. The zero-order chi connectivity index (χ0) is 16.3. The lowest BCUT2D eigenvalue weighted by Gasteiger charge is -2.35. The Morgan fingerprint density at radius 2 is 2.14 bits per heavy atom. The van der Waals surface area contributed by atoms with Crippen LogP contribution < -0.4 is 0 Å². The first kappa shape index (κ1) is 17.4. The molecule has 1 amide bonds. The molecule has 1 aromatic rings. The molecule has 8 heteroatoms. The zero-order valence-corrected chi connectivity index (χ0v) is 14.2. The number of carboxylic acid groups (broad SMARTS) is 1. The fraction of sp³-hybridized carbons (Fsp3) is 0.429. The third-order valence-corrected chi connectivity index (χ3v) is 4.89. The SMILES string of the molecule is CSc1cc(C(=O)N2CCOCC2CC(=O)O)c(Cl)cc1Cl. The molecule has 1 heterocycles. The van der Waals surface area contributed by atoms with Gasteiger partial charge in [-0.3, -0.25) is 9.59 Å². The van der Waals surface area contributed by atoms with E-state index in [1.54, 1.807) is 6.07 Å². The summed E-state index contributed by atoms with van der Waals surface area (Å²) >= 11 is 13.6. The molecular weight excluding hydrogens is 349 g/mol. The maximum Gasteiger partial charge on any atom is 0.305 e. The highest BCUT2D eigenvalue weighted by Crippen LogP contribution is 2.32. The summed E-state index contributed by atoms with van der Waals surface area (Å²) < 4.78 is 5.28. The molecule has 2 rings (SSSR count). The lowest BCUT2D eigenvalue weighted by molar-refractivity contribution is -0.139. The number of halogens is 2. The highest BCUT2D eigenvalue weighted by atomic mass is 35.5. The van der Waals surface area contributed by atoms with Gasteiger partial charge >= 0.3 is 5.97 Å². The minimum atomic E-state index is -0.972. The van der Waals surface area contributed by atoms with Crippen LogP contribution in [0.1, 0.15) is 16.8 Å². The third kappa shape index (κ3) is 3.87. The van der Waals surface area contributed by atoms with Crippen LogP contribution in [0.2, 0.25) is 10.0 Å². The van der Waals surface area contributed by atoms with Crippen LogP contribution >= 0.6 is 35.0 Å². The van der Waals surface area contributed by atoms with E-state index < -0.39 is 12.0 Å². The van der Waals surface area contributed by atoms with Gasteiger partial charge < -0.3 is 14.7 Å². The Bertz CT molecular complexity index is 596. The van der Waals surface area contributed by atoms with E-state index in [0.29, 0.717) is 23.7 Å². The van der Waals surface area contributed by atoms with E-state index in [-0.39, 0.29) is 24.0 Å². The Balaban J connectivity index is 2.31. The van der Waals surface area contributed by atoms with Crippen LogP contribution in [0.3, 0.4) is 0 Å². The van der Waals surface area contributed by atoms with Gasteiger partial charge in [-0.15, -0.1) is 11.8 Å². The monoisotopic (exact) mass is 363 g/mol. The van der Waals surface area contributed by atoms with Crippen LogP contribution in [-0.2, 0) is 9.53 Å². The van der Waals surface area contributed by atoms with Crippen molar-refractivity contribution in [3.8, 4) is 0 Å². The Labute approximate surface area is 142 Å². The summed E-state index contributed by atoms with van der Waals surface area (Å²) in [6.07, 6.45) is 1.69. The number of nitrogens with zero attached hydrogens (tertiary/aromatic N) is 1. The van der Waals surface area contributed by atoms with E-state index in [1.165, 1.54) is 22.7 Å². The highest BCUT2D eigenvalue weighted by molar-refractivity contribution is 7.98. The van der Waals surface area contributed by atoms with E-state index >= 15 is 0 Å². The van der Waals surface area contributed by atoms with Crippen LogP contribution in [0.5, 0.6) is 0 Å². The first-order valence-corrected chi connectivity index (χ1v) is 8.55. The van der Waals surface area contributed by atoms with Crippen molar-refractivity contribution in [2.75, 3.05) is 26.0 Å². The molecule has 1 N–H and O–H groups in total. The number of hydrogen-bond acceptors (Lipinski definition) is 4. The predicted molar refractivity (Wildman–Crippen MR) is 86.1 cm³/mol. The van der Waals surface area contributed by atoms with E-state index in [0.717, 1.165) is 4.90 Å². The summed E-state index contributed by atoms with van der Waals surface area (Å²) in [6.45, 7) is 0.922. The highest BCUT2D eigenvalue weighted by Gasteiger charge is 2.31. The van der Waals surface area contributed by atoms with E-state index in [1.807, 2.05) is 6.26 Å². The number of aliphatic carboxylic acids is 1. The largest absolute Gasteiger partial charge is 0.481 e. The van der Waals surface area contributed by atoms with Crippen LogP contribution in [0.15, 0.2) is 17.0 Å². The maximum absolute atomic E-state index is 12.7. The molecule has 0 saturated carbocycles. The van der Waals surface area contributed by atoms with Gasteiger partial charge in [0.1, 0.15) is 0 Å². The van der Waals surface area contributed by atoms with Crippen molar-refractivity contribution in [2.24, 2.45) is 0 Å². The molecule has 0 bridgehead atoms. The summed E-state index contributed by atoms with van der Waals surface area (Å²) in [5.41, 5.74) is 0.327. The molecule has 1 saturated heterocycles. The molecule has 1 atom stereocenters. The minimum Gasteiger partial charge on any atom is -0.481 e. The van der Waals surface area contributed by atoms with Crippen molar-refractivity contribution in [3.05, 3.63) is 27.7 Å². The van der Waals surface area contributed by atoms with Gasteiger partial charge in [0.15, 0.2) is 0 Å². The number of benzene rings is 1. The first-order valence-electron chi connectivity index (χ1n) is 6.57. The zero-order valence-electron chi connectivity index (χ0n) is 11.8. The molecule has 5 nitrogen and oxygen atoms in total. The number of thioether (sulfide) groups is 1. The summed E-state index contributed by atoms with van der Waals surface area (Å²) in [6, 6.07) is 2.68. The summed E-state index contributed by atoms with van der Waals surface area (Å²) in [7, 11) is 0. The van der Waals surface area contributed by atoms with Gasteiger partial charge in [-0.1, -0.05) is 23.2 Å². The molecule has 120 valence electrons. The number of hydrogen-bond donors (Lipinski definition) is 1. The number of carbonyl (C=O) groups excluding carboxylic acids is 1.